The van der Waals surface area contributed by atoms with Gasteiger partial charge in [-0.1, -0.05) is 28.7 Å². The molecule has 0 aliphatic rings. The maximum absolute atomic E-state index is 3.89. The fourth-order valence-corrected chi connectivity index (χ4v) is 0.371. The van der Waals surface area contributed by atoms with Gasteiger partial charge in [0, 0.05) is 12.4 Å². The number of halogens is 1. The Bertz CT molecular complexity index is 118. The van der Waals surface area contributed by atoms with Gasteiger partial charge in [-0.25, -0.2) is 4.98 Å². The molecule has 0 spiro atoms. The molecular weight excluding hydrogens is 188 g/mol. The van der Waals surface area contributed by atoms with Gasteiger partial charge in [0.2, 0.25) is 0 Å². The van der Waals surface area contributed by atoms with Gasteiger partial charge in [-0.3, -0.25) is 3.97 Å². The van der Waals surface area contributed by atoms with E-state index < -0.39 is 0 Å². The molecule has 4 heteroatoms. The molecule has 0 aromatic carbocycles. The van der Waals surface area contributed by atoms with Gasteiger partial charge in [-0.2, -0.15) is 0 Å². The summed E-state index contributed by atoms with van der Waals surface area (Å²) in [5.41, 5.74) is 0. The molecule has 0 unspecified atom stereocenters. The van der Waals surface area contributed by atoms with Crippen molar-refractivity contribution in [3.05, 3.63) is 18.7 Å². The standard InChI is InChI=1S/C3H4N2S.CH3Br/c6-5-2-1-4-3-5;1-2/h1-3,6H;1H3. The highest BCUT2D eigenvalue weighted by molar-refractivity contribution is 9.08. The average Bonchev–Trinajstić information content (AvgIpc) is 2.24. The average molecular weight is 195 g/mol. The number of rotatable bonds is 0. The lowest BCUT2D eigenvalue weighted by molar-refractivity contribution is 1.25. The van der Waals surface area contributed by atoms with Crippen LogP contribution in [0.4, 0.5) is 0 Å². The molecule has 0 aliphatic heterocycles. The molecule has 0 atom stereocenters. The Kier molecular flexibility index (Phi) is 5.21. The molecule has 0 N–H and O–H groups in total. The van der Waals surface area contributed by atoms with Gasteiger partial charge in [-0.15, -0.1) is 0 Å². The van der Waals surface area contributed by atoms with Crippen LogP contribution in [-0.4, -0.2) is 14.8 Å². The minimum Gasteiger partial charge on any atom is -0.283 e. The Balaban J connectivity index is 0.000000222. The van der Waals surface area contributed by atoms with E-state index in [-0.39, 0.29) is 0 Å². The molecule has 0 saturated heterocycles. The Hall–Kier alpha value is 0.0400. The van der Waals surface area contributed by atoms with Crippen LogP contribution in [0.1, 0.15) is 0 Å². The SMILES string of the molecule is CBr.Sn1ccnc1. The van der Waals surface area contributed by atoms with Gasteiger partial charge in [0.15, 0.2) is 0 Å². The molecule has 1 aromatic rings. The number of alkyl halides is 1. The van der Waals surface area contributed by atoms with Crippen molar-refractivity contribution < 1.29 is 0 Å². The molecular formula is C4H7BrN2S. The highest BCUT2D eigenvalue weighted by atomic mass is 79.9. The molecule has 0 amide bonds. The van der Waals surface area contributed by atoms with Gasteiger partial charge in [-0.05, 0) is 5.83 Å². The molecule has 1 rings (SSSR count). The molecule has 0 saturated carbocycles. The van der Waals surface area contributed by atoms with E-state index >= 15 is 0 Å². The van der Waals surface area contributed by atoms with Gasteiger partial charge in [0.1, 0.15) is 6.33 Å². The summed E-state index contributed by atoms with van der Waals surface area (Å²) in [7, 11) is 0. The van der Waals surface area contributed by atoms with E-state index in [1.807, 2.05) is 5.83 Å². The van der Waals surface area contributed by atoms with Crippen LogP contribution in [0.5, 0.6) is 0 Å². The topological polar surface area (TPSA) is 17.8 Å². The summed E-state index contributed by atoms with van der Waals surface area (Å²) in [6.45, 7) is 0. The predicted molar refractivity (Wildman–Crippen MR) is 41.5 cm³/mol. The van der Waals surface area contributed by atoms with Crippen LogP contribution in [0.3, 0.4) is 0 Å². The predicted octanol–water partition coefficient (Wildman–Crippen LogP) is 1.59. The van der Waals surface area contributed by atoms with Crippen molar-refractivity contribution in [1.82, 2.24) is 8.96 Å². The summed E-state index contributed by atoms with van der Waals surface area (Å²) in [5.74, 6) is 1.81. The van der Waals surface area contributed by atoms with Crippen molar-refractivity contribution in [3.63, 3.8) is 0 Å². The quantitative estimate of drug-likeness (QED) is 0.491. The molecule has 0 aliphatic carbocycles. The summed E-state index contributed by atoms with van der Waals surface area (Å²) in [4.78, 5) is 3.71. The van der Waals surface area contributed by atoms with Crippen molar-refractivity contribution >= 4 is 28.7 Å². The second-order valence-electron chi connectivity index (χ2n) is 0.943. The van der Waals surface area contributed by atoms with Gasteiger partial charge in [0.25, 0.3) is 0 Å². The minimum atomic E-state index is 1.58. The van der Waals surface area contributed by atoms with Crippen LogP contribution in [0.15, 0.2) is 18.7 Å². The first-order valence-corrected chi connectivity index (χ1v) is 3.93. The first-order valence-electron chi connectivity index (χ1n) is 1.94. The van der Waals surface area contributed by atoms with Crippen molar-refractivity contribution in [1.29, 1.82) is 0 Å². The van der Waals surface area contributed by atoms with Crippen LogP contribution < -0.4 is 0 Å². The Morgan fingerprint density at radius 2 is 2.25 bits per heavy atom. The van der Waals surface area contributed by atoms with E-state index in [0.29, 0.717) is 0 Å². The summed E-state index contributed by atoms with van der Waals surface area (Å²) in [5, 5.41) is 0. The fraction of sp³-hybridized carbons (Fsp3) is 0.250. The summed E-state index contributed by atoms with van der Waals surface area (Å²) >= 11 is 6.83. The third kappa shape index (κ3) is 3.10. The van der Waals surface area contributed by atoms with Crippen molar-refractivity contribution in [2.75, 3.05) is 5.83 Å². The summed E-state index contributed by atoms with van der Waals surface area (Å²) in [6.07, 6.45) is 5.04. The van der Waals surface area contributed by atoms with Crippen LogP contribution in [0.25, 0.3) is 0 Å². The lowest BCUT2D eigenvalue weighted by Crippen LogP contribution is -1.65. The number of nitrogens with zero attached hydrogens (tertiary/aromatic N) is 2. The molecule has 0 radical (unpaired) electrons. The molecule has 46 valence electrons. The first kappa shape index (κ1) is 8.04. The molecule has 2 nitrogen and oxygen atoms in total. The normalized spacial score (nSPS) is 7.38. The zero-order chi connectivity index (χ0) is 6.41. The second kappa shape index (κ2) is 5.18. The van der Waals surface area contributed by atoms with E-state index in [4.69, 9.17) is 0 Å². The number of hydrogen-bond acceptors (Lipinski definition) is 2. The van der Waals surface area contributed by atoms with Crippen molar-refractivity contribution in [2.24, 2.45) is 0 Å². The lowest BCUT2D eigenvalue weighted by atomic mass is 11.0. The van der Waals surface area contributed by atoms with Crippen LogP contribution in [0, 0.1) is 0 Å². The van der Waals surface area contributed by atoms with E-state index in [0.717, 1.165) is 0 Å². The van der Waals surface area contributed by atoms with E-state index in [1.165, 1.54) is 0 Å². The van der Waals surface area contributed by atoms with Crippen molar-refractivity contribution in [3.8, 4) is 0 Å². The Labute approximate surface area is 62.6 Å². The highest BCUT2D eigenvalue weighted by Crippen LogP contribution is 1.82. The minimum absolute atomic E-state index is 1.58. The monoisotopic (exact) mass is 194 g/mol. The van der Waals surface area contributed by atoms with Crippen LogP contribution in [0.2, 0.25) is 0 Å². The van der Waals surface area contributed by atoms with Gasteiger partial charge >= 0.3 is 0 Å². The molecule has 0 bridgehead atoms. The first-order chi connectivity index (χ1) is 3.89. The summed E-state index contributed by atoms with van der Waals surface area (Å²) in [6, 6.07) is 0. The summed E-state index contributed by atoms with van der Waals surface area (Å²) < 4.78 is 1.58. The zero-order valence-corrected chi connectivity index (χ0v) is 6.93. The maximum atomic E-state index is 3.89. The number of hydrogen-bond donors (Lipinski definition) is 1. The largest absolute Gasteiger partial charge is 0.283 e. The Morgan fingerprint density at radius 1 is 1.62 bits per heavy atom. The third-order valence-corrected chi connectivity index (χ3v) is 0.727. The number of aromatic nitrogens is 2. The van der Waals surface area contributed by atoms with E-state index in [1.54, 1.807) is 22.7 Å². The van der Waals surface area contributed by atoms with Gasteiger partial charge < -0.3 is 0 Å². The Morgan fingerprint density at radius 3 is 2.38 bits per heavy atom. The number of thiol groups is 1. The van der Waals surface area contributed by atoms with Crippen molar-refractivity contribution in [2.45, 2.75) is 0 Å². The smallest absolute Gasteiger partial charge is 0.104 e. The van der Waals surface area contributed by atoms with E-state index in [2.05, 4.69) is 33.7 Å². The maximum Gasteiger partial charge on any atom is 0.104 e. The third-order valence-electron chi connectivity index (χ3n) is 0.490. The van der Waals surface area contributed by atoms with E-state index in [9.17, 15) is 0 Å². The molecule has 1 heterocycles. The van der Waals surface area contributed by atoms with Gasteiger partial charge in [0.05, 0.1) is 0 Å². The van der Waals surface area contributed by atoms with Crippen LogP contribution in [-0.2, 0) is 0 Å². The van der Waals surface area contributed by atoms with Crippen LogP contribution >= 0.6 is 28.7 Å². The highest BCUT2D eigenvalue weighted by Gasteiger charge is 1.70. The molecule has 0 fully saturated rings. The molecule has 1 aromatic heterocycles. The molecule has 8 heavy (non-hydrogen) atoms. The fourth-order valence-electron chi connectivity index (χ4n) is 0.252. The zero-order valence-electron chi connectivity index (χ0n) is 4.45. The lowest BCUT2D eigenvalue weighted by Gasteiger charge is -1.74. The number of imidazole rings is 1. The second-order valence-corrected chi connectivity index (χ2v) is 1.40.